The van der Waals surface area contributed by atoms with Crippen LogP contribution < -0.4 is 4.90 Å². The van der Waals surface area contributed by atoms with Crippen LogP contribution in [0.2, 0.25) is 5.02 Å². The minimum Gasteiger partial charge on any atom is -0.308 e. The van der Waals surface area contributed by atoms with E-state index in [0.29, 0.717) is 33.6 Å². The van der Waals surface area contributed by atoms with Crippen molar-refractivity contribution in [3.63, 3.8) is 0 Å². The lowest BCUT2D eigenvalue weighted by Crippen LogP contribution is -2.35. The Bertz CT molecular complexity index is 1050. The molecule has 0 aliphatic carbocycles. The van der Waals surface area contributed by atoms with E-state index in [0.717, 1.165) is 16.0 Å². The van der Waals surface area contributed by atoms with Crippen LogP contribution in [0.5, 0.6) is 0 Å². The number of carbonyl (C=O) groups excluding carboxylic acids is 1. The quantitative estimate of drug-likeness (QED) is 0.276. The number of nitro groups is 1. The number of halogens is 2. The van der Waals surface area contributed by atoms with Gasteiger partial charge in [-0.1, -0.05) is 40.3 Å². The SMILES string of the molecule is CN(C)CCN(C(=O)C=Cc1ccc([N+](=O)[O-])s1)c1nc2c(Cl)cccc2s1.Cl. The van der Waals surface area contributed by atoms with Gasteiger partial charge < -0.3 is 4.90 Å². The third kappa shape index (κ3) is 5.74. The number of para-hydroxylation sites is 1. The summed E-state index contributed by atoms with van der Waals surface area (Å²) in [6.07, 6.45) is 3.00. The number of thiazole rings is 1. The van der Waals surface area contributed by atoms with Gasteiger partial charge in [0.25, 0.3) is 5.91 Å². The number of amides is 1. The van der Waals surface area contributed by atoms with Gasteiger partial charge in [0.15, 0.2) is 5.13 Å². The van der Waals surface area contributed by atoms with Crippen LogP contribution in [0.4, 0.5) is 10.1 Å². The predicted molar refractivity (Wildman–Crippen MR) is 123 cm³/mol. The lowest BCUT2D eigenvalue weighted by atomic mass is 10.3. The van der Waals surface area contributed by atoms with Crippen molar-refractivity contribution in [2.24, 2.45) is 0 Å². The van der Waals surface area contributed by atoms with E-state index in [9.17, 15) is 14.9 Å². The van der Waals surface area contributed by atoms with E-state index in [1.807, 2.05) is 31.1 Å². The van der Waals surface area contributed by atoms with E-state index >= 15 is 0 Å². The molecule has 0 atom stereocenters. The van der Waals surface area contributed by atoms with Gasteiger partial charge in [0.1, 0.15) is 5.52 Å². The molecule has 0 aliphatic rings. The molecule has 1 amide bonds. The van der Waals surface area contributed by atoms with Gasteiger partial charge in [0.2, 0.25) is 0 Å². The Morgan fingerprint density at radius 1 is 1.24 bits per heavy atom. The maximum absolute atomic E-state index is 12.9. The Kier molecular flexibility index (Phi) is 8.12. The Balaban J connectivity index is 0.00000300. The third-order valence-corrected chi connectivity index (χ3v) is 6.16. The second-order valence-electron chi connectivity index (χ2n) is 6.14. The number of benzene rings is 1. The molecule has 2 heterocycles. The summed E-state index contributed by atoms with van der Waals surface area (Å²) in [7, 11) is 3.86. The highest BCUT2D eigenvalue weighted by molar-refractivity contribution is 7.22. The van der Waals surface area contributed by atoms with Gasteiger partial charge in [-0.2, -0.15) is 0 Å². The first-order chi connectivity index (χ1) is 13.3. The minimum atomic E-state index is -0.446. The third-order valence-electron chi connectivity index (χ3n) is 3.81. The standard InChI is InChI=1S/C18H17ClN4O3S2.ClH/c1-21(2)10-11-22(18-20-17-13(19)4-3-5-14(17)28-18)15(24)8-6-12-7-9-16(27-12)23(25)26;/h3-9H,10-11H2,1-2H3;1H. The van der Waals surface area contributed by atoms with Crippen molar-refractivity contribution >= 4 is 79.0 Å². The molecule has 1 aromatic carbocycles. The highest BCUT2D eigenvalue weighted by Gasteiger charge is 2.19. The van der Waals surface area contributed by atoms with E-state index in [4.69, 9.17) is 11.6 Å². The number of likely N-dealkylation sites (N-methyl/N-ethyl adjacent to an activating group) is 1. The average Bonchev–Trinajstić information content (AvgIpc) is 3.27. The van der Waals surface area contributed by atoms with Crippen molar-refractivity contribution in [1.82, 2.24) is 9.88 Å². The number of fused-ring (bicyclic) bond motifs is 1. The van der Waals surface area contributed by atoms with Crippen LogP contribution in [0.1, 0.15) is 4.88 Å². The Morgan fingerprint density at radius 3 is 2.62 bits per heavy atom. The molecule has 0 radical (unpaired) electrons. The second kappa shape index (κ2) is 10.1. The van der Waals surface area contributed by atoms with Crippen molar-refractivity contribution < 1.29 is 9.72 Å². The molecule has 0 saturated carbocycles. The molecule has 0 saturated heterocycles. The molecule has 0 spiro atoms. The molecule has 2 aromatic heterocycles. The summed E-state index contributed by atoms with van der Waals surface area (Å²) in [5, 5.41) is 12.0. The largest absolute Gasteiger partial charge is 0.324 e. The van der Waals surface area contributed by atoms with Gasteiger partial charge in [-0.25, -0.2) is 4.98 Å². The fourth-order valence-electron chi connectivity index (χ4n) is 2.39. The number of hydrogen-bond donors (Lipinski definition) is 0. The van der Waals surface area contributed by atoms with Crippen LogP contribution >= 0.6 is 46.7 Å². The smallest absolute Gasteiger partial charge is 0.308 e. The first kappa shape index (κ1) is 23.2. The molecule has 7 nitrogen and oxygen atoms in total. The Hall–Kier alpha value is -2.04. The molecule has 0 fully saturated rings. The summed E-state index contributed by atoms with van der Waals surface area (Å²) < 4.78 is 0.906. The zero-order chi connectivity index (χ0) is 20.3. The van der Waals surface area contributed by atoms with Crippen molar-refractivity contribution in [2.75, 3.05) is 32.1 Å². The monoisotopic (exact) mass is 472 g/mol. The highest BCUT2D eigenvalue weighted by Crippen LogP contribution is 2.33. The lowest BCUT2D eigenvalue weighted by molar-refractivity contribution is -0.380. The van der Waals surface area contributed by atoms with E-state index in [1.54, 1.807) is 23.1 Å². The summed E-state index contributed by atoms with van der Waals surface area (Å²) in [4.78, 5) is 32.0. The zero-order valence-electron chi connectivity index (χ0n) is 15.6. The van der Waals surface area contributed by atoms with Crippen LogP contribution in [0.15, 0.2) is 36.4 Å². The predicted octanol–water partition coefficient (Wildman–Crippen LogP) is 4.95. The topological polar surface area (TPSA) is 79.6 Å². The van der Waals surface area contributed by atoms with Gasteiger partial charge >= 0.3 is 5.00 Å². The molecule has 0 unspecified atom stereocenters. The van der Waals surface area contributed by atoms with Crippen molar-refractivity contribution in [3.8, 4) is 0 Å². The summed E-state index contributed by atoms with van der Waals surface area (Å²) >= 11 is 8.63. The van der Waals surface area contributed by atoms with Crippen molar-refractivity contribution in [3.05, 3.63) is 56.4 Å². The number of carbonyl (C=O) groups is 1. The number of thiophene rings is 1. The molecule has 0 N–H and O–H groups in total. The lowest BCUT2D eigenvalue weighted by Gasteiger charge is -2.20. The molecular weight excluding hydrogens is 455 g/mol. The van der Waals surface area contributed by atoms with E-state index in [2.05, 4.69) is 4.98 Å². The van der Waals surface area contributed by atoms with E-state index < -0.39 is 4.92 Å². The summed E-state index contributed by atoms with van der Waals surface area (Å²) in [6, 6.07) is 8.57. The molecule has 0 bridgehead atoms. The van der Waals surface area contributed by atoms with Crippen LogP contribution in [-0.2, 0) is 4.79 Å². The Labute approximate surface area is 186 Å². The van der Waals surface area contributed by atoms with Gasteiger partial charge in [0.05, 0.1) is 14.6 Å². The van der Waals surface area contributed by atoms with Crippen LogP contribution in [-0.4, -0.2) is 47.9 Å². The highest BCUT2D eigenvalue weighted by atomic mass is 35.5. The number of hydrogen-bond acceptors (Lipinski definition) is 7. The van der Waals surface area contributed by atoms with Crippen LogP contribution in [0.3, 0.4) is 0 Å². The summed E-state index contributed by atoms with van der Waals surface area (Å²) in [5.74, 6) is -0.243. The maximum atomic E-state index is 12.9. The van der Waals surface area contributed by atoms with Gasteiger partial charge in [-0.15, -0.1) is 12.4 Å². The summed E-state index contributed by atoms with van der Waals surface area (Å²) in [5.41, 5.74) is 0.671. The molecular formula is C18H18Cl2N4O3S2. The second-order valence-corrected chi connectivity index (χ2v) is 8.65. The van der Waals surface area contributed by atoms with Gasteiger partial charge in [0, 0.05) is 30.1 Å². The van der Waals surface area contributed by atoms with Crippen molar-refractivity contribution in [1.29, 1.82) is 0 Å². The zero-order valence-corrected chi connectivity index (χ0v) is 18.8. The van der Waals surface area contributed by atoms with Gasteiger partial charge in [-0.05, 0) is 38.4 Å². The maximum Gasteiger partial charge on any atom is 0.324 e. The molecule has 29 heavy (non-hydrogen) atoms. The van der Waals surface area contributed by atoms with Crippen LogP contribution in [0.25, 0.3) is 16.3 Å². The van der Waals surface area contributed by atoms with Crippen LogP contribution in [0, 0.1) is 10.1 Å². The van der Waals surface area contributed by atoms with Crippen molar-refractivity contribution in [2.45, 2.75) is 0 Å². The molecule has 3 aromatic rings. The number of rotatable bonds is 7. The number of anilines is 1. The normalized spacial score (nSPS) is 11.2. The number of aromatic nitrogens is 1. The first-order valence-corrected chi connectivity index (χ1v) is 10.3. The fraction of sp³-hybridized carbons (Fsp3) is 0.222. The number of nitrogens with zero attached hydrogens (tertiary/aromatic N) is 4. The van der Waals surface area contributed by atoms with E-state index in [-0.39, 0.29) is 23.3 Å². The fourth-order valence-corrected chi connectivity index (χ4v) is 4.41. The van der Waals surface area contributed by atoms with E-state index in [1.165, 1.54) is 23.5 Å². The first-order valence-electron chi connectivity index (χ1n) is 8.29. The molecule has 11 heteroatoms. The summed E-state index contributed by atoms with van der Waals surface area (Å²) in [6.45, 7) is 1.12. The van der Waals surface area contributed by atoms with Gasteiger partial charge in [-0.3, -0.25) is 19.8 Å². The minimum absolute atomic E-state index is 0. The molecule has 3 rings (SSSR count). The Morgan fingerprint density at radius 2 is 2.00 bits per heavy atom. The average molecular weight is 473 g/mol. The molecule has 0 aliphatic heterocycles. The molecule has 154 valence electrons.